The van der Waals surface area contributed by atoms with Crippen molar-refractivity contribution in [3.63, 3.8) is 0 Å². The van der Waals surface area contributed by atoms with E-state index in [9.17, 15) is 9.90 Å². The van der Waals surface area contributed by atoms with Gasteiger partial charge in [-0.25, -0.2) is 4.79 Å². The first-order chi connectivity index (χ1) is 20.5. The molecule has 6 heteroatoms. The summed E-state index contributed by atoms with van der Waals surface area (Å²) in [6.07, 6.45) is 29.5. The van der Waals surface area contributed by atoms with E-state index in [0.717, 1.165) is 63.4 Å². The maximum absolute atomic E-state index is 11.6. The molecule has 4 unspecified atom stereocenters. The Kier molecular flexibility index (Phi) is 15.2. The molecule has 0 aromatic heterocycles. The summed E-state index contributed by atoms with van der Waals surface area (Å²) < 4.78 is 24.6. The van der Waals surface area contributed by atoms with Crippen LogP contribution in [0.5, 0.6) is 0 Å². The van der Waals surface area contributed by atoms with Crippen molar-refractivity contribution in [1.82, 2.24) is 0 Å². The number of carbonyl (C=O) groups excluding carboxylic acids is 1. The number of aliphatic hydroxyl groups is 1. The summed E-state index contributed by atoms with van der Waals surface area (Å²) in [4.78, 5) is 11.6. The Morgan fingerprint density at radius 1 is 0.738 bits per heavy atom. The van der Waals surface area contributed by atoms with Crippen molar-refractivity contribution in [3.8, 4) is 0 Å². The van der Waals surface area contributed by atoms with Crippen LogP contribution in [0.15, 0.2) is 11.6 Å². The van der Waals surface area contributed by atoms with Gasteiger partial charge in [0.15, 0.2) is 0 Å². The zero-order valence-electron chi connectivity index (χ0n) is 26.9. The molecule has 4 aliphatic rings. The predicted octanol–water partition coefficient (Wildman–Crippen LogP) is 8.51. The quantitative estimate of drug-likeness (QED) is 0.113. The Hall–Kier alpha value is -0.950. The Bertz CT molecular complexity index is 798. The highest BCUT2D eigenvalue weighted by atomic mass is 16.6. The van der Waals surface area contributed by atoms with Crippen LogP contribution in [0.1, 0.15) is 162 Å². The van der Waals surface area contributed by atoms with Crippen LogP contribution in [0, 0.1) is 0 Å². The summed E-state index contributed by atoms with van der Waals surface area (Å²) in [5.41, 5.74) is 0.870. The molecule has 0 bridgehead atoms. The lowest BCUT2D eigenvalue weighted by molar-refractivity contribution is -0.145. The molecule has 4 rings (SSSR count). The van der Waals surface area contributed by atoms with Crippen molar-refractivity contribution in [2.75, 3.05) is 0 Å². The fraction of sp³-hybridized carbons (Fsp3) is 0.917. The Balaban J connectivity index is 0.987. The summed E-state index contributed by atoms with van der Waals surface area (Å²) >= 11 is 0. The van der Waals surface area contributed by atoms with Crippen LogP contribution in [0.3, 0.4) is 0 Å². The summed E-state index contributed by atoms with van der Waals surface area (Å²) in [6.45, 7) is 4.19. The van der Waals surface area contributed by atoms with Crippen LogP contribution >= 0.6 is 0 Å². The van der Waals surface area contributed by atoms with Crippen molar-refractivity contribution in [3.05, 3.63) is 11.6 Å². The second-order valence-corrected chi connectivity index (χ2v) is 13.7. The number of hydrogen-bond donors (Lipinski definition) is 1. The molecule has 1 N–H and O–H groups in total. The minimum Gasteiger partial charge on any atom is -0.455 e. The highest BCUT2D eigenvalue weighted by molar-refractivity contribution is 5.90. The SMILES string of the molecule is CCCCCCC1CCCC(C2CCC([C@H]3CC[C@H]([C@H](O)CCCCCCCCCCCC4=C[C@H](C)OC4=O)O3)O2)O1. The molecular weight excluding hydrogens is 528 g/mol. The number of aliphatic hydroxyl groups excluding tert-OH is 1. The van der Waals surface area contributed by atoms with E-state index < -0.39 is 0 Å². The van der Waals surface area contributed by atoms with Crippen LogP contribution in [0.25, 0.3) is 0 Å². The minimum absolute atomic E-state index is 0.0267. The molecular formula is C36H62O6. The van der Waals surface area contributed by atoms with Gasteiger partial charge < -0.3 is 24.1 Å². The molecule has 242 valence electrons. The Labute approximate surface area is 256 Å². The third kappa shape index (κ3) is 11.2. The van der Waals surface area contributed by atoms with Gasteiger partial charge in [-0.3, -0.25) is 0 Å². The fourth-order valence-electron chi connectivity index (χ4n) is 7.60. The molecule has 4 heterocycles. The molecule has 0 spiro atoms. The standard InChI is InChI=1S/C36H62O6/c1-3-4-5-14-18-29-19-16-21-32(40-29)33-24-25-35(42-33)34-23-22-31(41-34)30(37)20-15-12-10-8-6-7-9-11-13-17-28-26-27(2)39-36(28)38/h26-27,29-35,37H,3-25H2,1-2H3/t27-,29?,30+,31+,32?,33?,34+,35?/m0/s1. The average molecular weight is 591 g/mol. The summed E-state index contributed by atoms with van der Waals surface area (Å²) in [7, 11) is 0. The van der Waals surface area contributed by atoms with Gasteiger partial charge in [0.05, 0.1) is 42.7 Å². The van der Waals surface area contributed by atoms with Crippen molar-refractivity contribution >= 4 is 5.97 Å². The molecule has 0 aromatic carbocycles. The normalized spacial score (nSPS) is 32.3. The lowest BCUT2D eigenvalue weighted by Crippen LogP contribution is -2.38. The van der Waals surface area contributed by atoms with Crippen molar-refractivity contribution in [1.29, 1.82) is 0 Å². The maximum atomic E-state index is 11.6. The monoisotopic (exact) mass is 590 g/mol. The van der Waals surface area contributed by atoms with Crippen molar-refractivity contribution in [2.24, 2.45) is 0 Å². The third-order valence-electron chi connectivity index (χ3n) is 10.1. The van der Waals surface area contributed by atoms with Crippen LogP contribution in [-0.2, 0) is 23.7 Å². The van der Waals surface area contributed by atoms with Crippen LogP contribution in [0.2, 0.25) is 0 Å². The molecule has 3 saturated heterocycles. The van der Waals surface area contributed by atoms with E-state index >= 15 is 0 Å². The number of esters is 1. The Morgan fingerprint density at radius 2 is 1.36 bits per heavy atom. The molecule has 0 aromatic rings. The van der Waals surface area contributed by atoms with Gasteiger partial charge in [0.1, 0.15) is 6.10 Å². The molecule has 0 amide bonds. The zero-order chi connectivity index (χ0) is 29.6. The topological polar surface area (TPSA) is 74.2 Å². The molecule has 0 radical (unpaired) electrons. The van der Waals surface area contributed by atoms with E-state index in [1.165, 1.54) is 89.9 Å². The van der Waals surface area contributed by atoms with Crippen LogP contribution < -0.4 is 0 Å². The van der Waals surface area contributed by atoms with Gasteiger partial charge in [0.2, 0.25) is 0 Å². The fourth-order valence-corrected chi connectivity index (χ4v) is 7.60. The first-order valence-electron chi connectivity index (χ1n) is 18.1. The molecule has 0 saturated carbocycles. The van der Waals surface area contributed by atoms with Gasteiger partial charge in [-0.05, 0) is 83.6 Å². The number of rotatable bonds is 20. The first kappa shape index (κ1) is 33.9. The summed E-state index contributed by atoms with van der Waals surface area (Å²) in [5, 5.41) is 10.8. The number of carbonyl (C=O) groups is 1. The third-order valence-corrected chi connectivity index (χ3v) is 10.1. The van der Waals surface area contributed by atoms with Gasteiger partial charge in [0, 0.05) is 5.57 Å². The van der Waals surface area contributed by atoms with Gasteiger partial charge in [-0.15, -0.1) is 0 Å². The van der Waals surface area contributed by atoms with Crippen LogP contribution in [0.4, 0.5) is 0 Å². The first-order valence-corrected chi connectivity index (χ1v) is 18.1. The molecule has 8 atom stereocenters. The predicted molar refractivity (Wildman–Crippen MR) is 167 cm³/mol. The van der Waals surface area contributed by atoms with E-state index in [1.54, 1.807) is 0 Å². The number of unbranched alkanes of at least 4 members (excludes halogenated alkanes) is 11. The lowest BCUT2D eigenvalue weighted by atomic mass is 9.96. The molecule has 4 aliphatic heterocycles. The highest BCUT2D eigenvalue weighted by Gasteiger charge is 2.42. The van der Waals surface area contributed by atoms with E-state index in [0.29, 0.717) is 6.10 Å². The number of hydrogen-bond acceptors (Lipinski definition) is 6. The van der Waals surface area contributed by atoms with E-state index in [-0.39, 0.29) is 48.7 Å². The smallest absolute Gasteiger partial charge is 0.334 e. The molecule has 0 aliphatic carbocycles. The number of ether oxygens (including phenoxy) is 4. The zero-order valence-corrected chi connectivity index (χ0v) is 26.9. The molecule has 6 nitrogen and oxygen atoms in total. The van der Waals surface area contributed by atoms with E-state index in [2.05, 4.69) is 6.92 Å². The summed E-state index contributed by atoms with van der Waals surface area (Å²) in [6, 6.07) is 0. The Morgan fingerprint density at radius 3 is 2.05 bits per heavy atom. The summed E-state index contributed by atoms with van der Waals surface area (Å²) in [5.74, 6) is -0.116. The minimum atomic E-state index is -0.349. The van der Waals surface area contributed by atoms with Gasteiger partial charge in [0.25, 0.3) is 0 Å². The molecule has 42 heavy (non-hydrogen) atoms. The van der Waals surface area contributed by atoms with Crippen LogP contribution in [-0.4, -0.2) is 59.9 Å². The highest BCUT2D eigenvalue weighted by Crippen LogP contribution is 2.37. The van der Waals surface area contributed by atoms with Gasteiger partial charge in [-0.1, -0.05) is 84.0 Å². The van der Waals surface area contributed by atoms with E-state index in [1.807, 2.05) is 13.0 Å². The average Bonchev–Trinajstić information content (AvgIpc) is 3.74. The lowest BCUT2D eigenvalue weighted by Gasteiger charge is -2.34. The van der Waals surface area contributed by atoms with Gasteiger partial charge in [-0.2, -0.15) is 0 Å². The maximum Gasteiger partial charge on any atom is 0.334 e. The number of cyclic esters (lactones) is 1. The second-order valence-electron chi connectivity index (χ2n) is 13.7. The molecule has 3 fully saturated rings. The second kappa shape index (κ2) is 18.8. The van der Waals surface area contributed by atoms with Crippen molar-refractivity contribution in [2.45, 2.75) is 210 Å². The van der Waals surface area contributed by atoms with E-state index in [4.69, 9.17) is 18.9 Å². The van der Waals surface area contributed by atoms with Crippen molar-refractivity contribution < 1.29 is 28.8 Å². The van der Waals surface area contributed by atoms with Gasteiger partial charge >= 0.3 is 5.97 Å². The largest absolute Gasteiger partial charge is 0.455 e.